The van der Waals surface area contributed by atoms with Gasteiger partial charge in [0.25, 0.3) is 5.91 Å². The molecule has 0 saturated carbocycles. The van der Waals surface area contributed by atoms with E-state index in [1.165, 1.54) is 24.8 Å². The molecule has 5 heteroatoms. The first-order chi connectivity index (χ1) is 13.2. The lowest BCUT2D eigenvalue weighted by molar-refractivity contribution is 0.0527. The van der Waals surface area contributed by atoms with Gasteiger partial charge in [-0.2, -0.15) is 0 Å². The molecule has 142 valence electrons. The number of nitrogens with one attached hydrogen (secondary N) is 1. The minimum absolute atomic E-state index is 0.240. The van der Waals surface area contributed by atoms with E-state index in [1.54, 1.807) is 31.2 Å². The summed E-state index contributed by atoms with van der Waals surface area (Å²) in [5, 5.41) is 2.82. The van der Waals surface area contributed by atoms with E-state index in [2.05, 4.69) is 10.2 Å². The molecule has 0 bridgehead atoms. The lowest BCUT2D eigenvalue weighted by Crippen LogP contribution is -2.29. The summed E-state index contributed by atoms with van der Waals surface area (Å²) < 4.78 is 5.05. The molecule has 1 heterocycles. The molecule has 1 N–H and O–H groups in total. The highest BCUT2D eigenvalue weighted by Crippen LogP contribution is 2.18. The molecule has 0 aromatic heterocycles. The average Bonchev–Trinajstić information content (AvgIpc) is 2.70. The summed E-state index contributed by atoms with van der Waals surface area (Å²) in [6.07, 6.45) is 3.85. The number of likely N-dealkylation sites (tertiary alicyclic amines) is 1. The second kappa shape index (κ2) is 9.33. The zero-order valence-corrected chi connectivity index (χ0v) is 15.7. The van der Waals surface area contributed by atoms with Crippen LogP contribution in [0.25, 0.3) is 0 Å². The fourth-order valence-electron chi connectivity index (χ4n) is 3.31. The number of para-hydroxylation sites is 1. The molecule has 2 aromatic carbocycles. The van der Waals surface area contributed by atoms with Crippen molar-refractivity contribution >= 4 is 17.6 Å². The van der Waals surface area contributed by atoms with Crippen LogP contribution in [0.4, 0.5) is 5.69 Å². The van der Waals surface area contributed by atoms with E-state index in [0.29, 0.717) is 23.4 Å². The van der Waals surface area contributed by atoms with Crippen molar-refractivity contribution in [1.82, 2.24) is 4.90 Å². The van der Waals surface area contributed by atoms with E-state index < -0.39 is 5.97 Å². The first-order valence-electron chi connectivity index (χ1n) is 9.56. The number of ether oxygens (including phenoxy) is 1. The Labute approximate surface area is 160 Å². The minimum Gasteiger partial charge on any atom is -0.462 e. The van der Waals surface area contributed by atoms with Crippen molar-refractivity contribution in [1.29, 1.82) is 0 Å². The molecule has 2 aromatic rings. The highest BCUT2D eigenvalue weighted by Gasteiger charge is 2.15. The standard InChI is InChI=1S/C22H26N2O3/c1-2-27-22(26)19-8-4-5-9-20(19)23-21(25)18-12-10-17(11-13-18)16-24-14-6-3-7-15-24/h4-5,8-13H,2-3,6-7,14-16H2,1H3,(H,23,25). The smallest absolute Gasteiger partial charge is 0.340 e. The van der Waals surface area contributed by atoms with Crippen molar-refractivity contribution in [2.75, 3.05) is 25.0 Å². The summed E-state index contributed by atoms with van der Waals surface area (Å²) >= 11 is 0. The summed E-state index contributed by atoms with van der Waals surface area (Å²) in [5.74, 6) is -0.679. The van der Waals surface area contributed by atoms with Crippen molar-refractivity contribution in [2.24, 2.45) is 0 Å². The number of rotatable bonds is 6. The third-order valence-corrected chi connectivity index (χ3v) is 4.74. The Hall–Kier alpha value is -2.66. The fraction of sp³-hybridized carbons (Fsp3) is 0.364. The van der Waals surface area contributed by atoms with Crippen molar-refractivity contribution < 1.29 is 14.3 Å². The minimum atomic E-state index is -0.440. The summed E-state index contributed by atoms with van der Waals surface area (Å²) in [7, 11) is 0. The second-order valence-corrected chi connectivity index (χ2v) is 6.75. The number of hydrogen-bond donors (Lipinski definition) is 1. The number of hydrogen-bond acceptors (Lipinski definition) is 4. The van der Waals surface area contributed by atoms with Gasteiger partial charge in [0.2, 0.25) is 0 Å². The highest BCUT2D eigenvalue weighted by atomic mass is 16.5. The Bertz CT molecular complexity index is 780. The fourth-order valence-corrected chi connectivity index (χ4v) is 3.31. The van der Waals surface area contributed by atoms with Crippen LogP contribution in [0.2, 0.25) is 0 Å². The van der Waals surface area contributed by atoms with Gasteiger partial charge in [-0.05, 0) is 62.7 Å². The maximum absolute atomic E-state index is 12.6. The summed E-state index contributed by atoms with van der Waals surface area (Å²) in [4.78, 5) is 27.1. The Morgan fingerprint density at radius 1 is 1.00 bits per heavy atom. The lowest BCUT2D eigenvalue weighted by atomic mass is 10.1. The molecule has 1 fully saturated rings. The molecule has 1 aliphatic heterocycles. The number of nitrogens with zero attached hydrogens (tertiary/aromatic N) is 1. The molecule has 5 nitrogen and oxygen atoms in total. The van der Waals surface area contributed by atoms with Gasteiger partial charge in [0.05, 0.1) is 17.9 Å². The maximum atomic E-state index is 12.6. The van der Waals surface area contributed by atoms with Crippen LogP contribution in [0.5, 0.6) is 0 Å². The van der Waals surface area contributed by atoms with Gasteiger partial charge in [0, 0.05) is 12.1 Å². The number of piperidine rings is 1. The molecule has 1 aliphatic rings. The Morgan fingerprint density at radius 3 is 2.41 bits per heavy atom. The topological polar surface area (TPSA) is 58.6 Å². The first-order valence-corrected chi connectivity index (χ1v) is 9.56. The summed E-state index contributed by atoms with van der Waals surface area (Å²) in [6, 6.07) is 14.5. The van der Waals surface area contributed by atoms with Gasteiger partial charge in [0.15, 0.2) is 0 Å². The number of esters is 1. The SMILES string of the molecule is CCOC(=O)c1ccccc1NC(=O)c1ccc(CN2CCCCC2)cc1. The predicted molar refractivity (Wildman–Crippen MR) is 106 cm³/mol. The van der Waals surface area contributed by atoms with Crippen LogP contribution in [-0.4, -0.2) is 36.5 Å². The second-order valence-electron chi connectivity index (χ2n) is 6.75. The van der Waals surface area contributed by atoms with E-state index in [4.69, 9.17) is 4.74 Å². The molecule has 0 unspecified atom stereocenters. The number of carbonyl (C=O) groups excluding carboxylic acids is 2. The van der Waals surface area contributed by atoms with Crippen molar-refractivity contribution in [3.8, 4) is 0 Å². The van der Waals surface area contributed by atoms with Gasteiger partial charge >= 0.3 is 5.97 Å². The van der Waals surface area contributed by atoms with Crippen LogP contribution in [0, 0.1) is 0 Å². The lowest BCUT2D eigenvalue weighted by Gasteiger charge is -2.26. The number of carbonyl (C=O) groups is 2. The molecule has 0 aliphatic carbocycles. The van der Waals surface area contributed by atoms with E-state index >= 15 is 0 Å². The number of amides is 1. The van der Waals surface area contributed by atoms with Gasteiger partial charge < -0.3 is 10.1 Å². The average molecular weight is 366 g/mol. The van der Waals surface area contributed by atoms with E-state index in [1.807, 2.05) is 24.3 Å². The molecular weight excluding hydrogens is 340 g/mol. The normalized spacial score (nSPS) is 14.6. The molecule has 0 spiro atoms. The molecule has 1 amide bonds. The summed E-state index contributed by atoms with van der Waals surface area (Å²) in [6.45, 7) is 5.26. The quantitative estimate of drug-likeness (QED) is 0.782. The maximum Gasteiger partial charge on any atom is 0.340 e. The zero-order chi connectivity index (χ0) is 19.1. The van der Waals surface area contributed by atoms with Crippen molar-refractivity contribution in [3.63, 3.8) is 0 Å². The summed E-state index contributed by atoms with van der Waals surface area (Å²) in [5.41, 5.74) is 2.59. The number of benzene rings is 2. The third kappa shape index (κ3) is 5.17. The van der Waals surface area contributed by atoms with E-state index in [-0.39, 0.29) is 5.91 Å². The van der Waals surface area contributed by atoms with Gasteiger partial charge in [-0.1, -0.05) is 30.7 Å². The van der Waals surface area contributed by atoms with Crippen molar-refractivity contribution in [3.05, 3.63) is 65.2 Å². The van der Waals surface area contributed by atoms with Crippen LogP contribution in [0.15, 0.2) is 48.5 Å². The van der Waals surface area contributed by atoms with Gasteiger partial charge in [-0.25, -0.2) is 4.79 Å². The van der Waals surface area contributed by atoms with Crippen LogP contribution in [0.1, 0.15) is 52.5 Å². The van der Waals surface area contributed by atoms with Crippen LogP contribution < -0.4 is 5.32 Å². The first kappa shape index (κ1) is 19.1. The molecular formula is C22H26N2O3. The Balaban J connectivity index is 1.65. The third-order valence-electron chi connectivity index (χ3n) is 4.74. The highest BCUT2D eigenvalue weighted by molar-refractivity contribution is 6.08. The van der Waals surface area contributed by atoms with Gasteiger partial charge in [-0.15, -0.1) is 0 Å². The van der Waals surface area contributed by atoms with Gasteiger partial charge in [0.1, 0.15) is 0 Å². The van der Waals surface area contributed by atoms with Crippen molar-refractivity contribution in [2.45, 2.75) is 32.7 Å². The molecule has 0 atom stereocenters. The molecule has 1 saturated heterocycles. The largest absolute Gasteiger partial charge is 0.462 e. The van der Waals surface area contributed by atoms with Gasteiger partial charge in [-0.3, -0.25) is 9.69 Å². The predicted octanol–water partition coefficient (Wildman–Crippen LogP) is 4.10. The number of anilines is 1. The molecule has 0 radical (unpaired) electrons. The van der Waals surface area contributed by atoms with E-state index in [0.717, 1.165) is 19.6 Å². The van der Waals surface area contributed by atoms with Crippen LogP contribution in [-0.2, 0) is 11.3 Å². The molecule has 27 heavy (non-hydrogen) atoms. The van der Waals surface area contributed by atoms with Crippen LogP contribution >= 0.6 is 0 Å². The zero-order valence-electron chi connectivity index (χ0n) is 15.7. The molecule has 3 rings (SSSR count). The monoisotopic (exact) mass is 366 g/mol. The van der Waals surface area contributed by atoms with E-state index in [9.17, 15) is 9.59 Å². The Kier molecular flexibility index (Phi) is 6.60. The Morgan fingerprint density at radius 2 is 1.70 bits per heavy atom. The van der Waals surface area contributed by atoms with Crippen LogP contribution in [0.3, 0.4) is 0 Å².